The Morgan fingerprint density at radius 3 is 2.39 bits per heavy atom. The van der Waals surface area contributed by atoms with Gasteiger partial charge in [-0.05, 0) is 0 Å². The van der Waals surface area contributed by atoms with Crippen LogP contribution in [-0.4, -0.2) is 68.2 Å². The summed E-state index contributed by atoms with van der Waals surface area (Å²) < 4.78 is 66.8. The van der Waals surface area contributed by atoms with E-state index in [1.165, 1.54) is 0 Å². The molecule has 3 heterocycles. The number of halogens is 1. The Morgan fingerprint density at radius 1 is 1.13 bits per heavy atom. The average molecular weight is 507 g/mol. The van der Waals surface area contributed by atoms with Crippen molar-refractivity contribution in [2.75, 3.05) is 5.73 Å². The van der Waals surface area contributed by atoms with Crippen molar-refractivity contribution >= 4 is 40.4 Å². The summed E-state index contributed by atoms with van der Waals surface area (Å²) in [5, 5.41) is 10.4. The molecule has 2 fully saturated rings. The Bertz CT molecular complexity index is 1190. The number of nitrogens with two attached hydrogens (primary N) is 1. The van der Waals surface area contributed by atoms with Crippen molar-refractivity contribution < 1.29 is 60.6 Å². The smallest absolute Gasteiger partial charge is 0.382 e. The van der Waals surface area contributed by atoms with Gasteiger partial charge in [0.25, 0.3) is 0 Å². The minimum atomic E-state index is -5.77. The maximum atomic E-state index is 15.0. The van der Waals surface area contributed by atoms with Crippen molar-refractivity contribution in [1.82, 2.24) is 19.5 Å². The number of nitrogen functional groups attached to an aromatic ring is 1. The van der Waals surface area contributed by atoms with Gasteiger partial charge in [-0.3, -0.25) is 9.09 Å². The number of imidazole rings is 1. The van der Waals surface area contributed by atoms with Crippen LogP contribution in [0.5, 0.6) is 0 Å². The van der Waals surface area contributed by atoms with Gasteiger partial charge >= 0.3 is 23.5 Å². The molecule has 1 saturated carbocycles. The maximum absolute atomic E-state index is 15.0. The molecule has 21 heteroatoms. The molecule has 7 atom stereocenters. The van der Waals surface area contributed by atoms with Gasteiger partial charge in [0.2, 0.25) is 0 Å². The first-order chi connectivity index (χ1) is 14.1. The number of phosphoric acid groups is 3. The largest absolute Gasteiger partial charge is 0.490 e. The minimum Gasteiger partial charge on any atom is -0.382 e. The zero-order valence-corrected chi connectivity index (χ0v) is 17.3. The molecule has 1 saturated heterocycles. The Hall–Kier alpha value is -1.39. The standard InChI is InChI=1S/C10H13FN5O12P3/c11-4-9(16-2-15-3-7(12)13-1-14-8(3)16)25-5-6(10(4,5)17)26-30(21,22)28-31(23,24)27-29(18,19)20/h1-2,4-6,9,17H,(H,21,22)(H,23,24)(H2,12,13,14)(H2,18,19,20)/t4-,5+,6?,9+,10-/m0/s1. The van der Waals surface area contributed by atoms with E-state index < -0.39 is 53.7 Å². The Kier molecular flexibility index (Phi) is 5.19. The number of phosphoric ester groups is 1. The van der Waals surface area contributed by atoms with Crippen molar-refractivity contribution in [3.05, 3.63) is 12.7 Å². The lowest BCUT2D eigenvalue weighted by atomic mass is 10.2. The third-order valence-corrected chi connectivity index (χ3v) is 8.20. The van der Waals surface area contributed by atoms with Crippen molar-refractivity contribution in [1.29, 1.82) is 0 Å². The van der Waals surface area contributed by atoms with Gasteiger partial charge in [0.05, 0.1) is 6.33 Å². The van der Waals surface area contributed by atoms with E-state index in [4.69, 9.17) is 25.2 Å². The molecule has 17 nitrogen and oxygen atoms in total. The lowest BCUT2D eigenvalue weighted by Crippen LogP contribution is -2.34. The third-order valence-electron chi connectivity index (χ3n) is 4.38. The summed E-state index contributed by atoms with van der Waals surface area (Å²) in [5.41, 5.74) is 3.39. The average Bonchev–Trinajstić information content (AvgIpc) is 2.90. The molecule has 0 radical (unpaired) electrons. The van der Waals surface area contributed by atoms with Crippen LogP contribution in [0.1, 0.15) is 6.23 Å². The second-order valence-electron chi connectivity index (χ2n) is 6.44. The third kappa shape index (κ3) is 4.06. The molecule has 0 aromatic carbocycles. The zero-order chi connectivity index (χ0) is 23.0. The number of nitrogens with zero attached hydrogens (tertiary/aromatic N) is 4. The topological polar surface area (TPSA) is 259 Å². The number of anilines is 1. The Morgan fingerprint density at radius 2 is 1.81 bits per heavy atom. The van der Waals surface area contributed by atoms with E-state index in [-0.39, 0.29) is 17.0 Å². The second-order valence-corrected chi connectivity index (χ2v) is 10.8. The molecule has 0 bridgehead atoms. The summed E-state index contributed by atoms with van der Waals surface area (Å²) in [5.74, 6) is 0.00608. The fourth-order valence-corrected chi connectivity index (χ4v) is 6.34. The quantitative estimate of drug-likeness (QED) is 0.248. The van der Waals surface area contributed by atoms with Crippen LogP contribution in [0.25, 0.3) is 11.2 Å². The van der Waals surface area contributed by atoms with Gasteiger partial charge in [-0.1, -0.05) is 0 Å². The molecule has 31 heavy (non-hydrogen) atoms. The number of rotatable bonds is 7. The molecule has 7 N–H and O–H groups in total. The van der Waals surface area contributed by atoms with E-state index in [0.29, 0.717) is 0 Å². The number of aliphatic hydroxyl groups is 1. The monoisotopic (exact) mass is 507 g/mol. The lowest BCUT2D eigenvalue weighted by molar-refractivity contribution is -0.0597. The van der Waals surface area contributed by atoms with Crippen molar-refractivity contribution in [2.24, 2.45) is 0 Å². The lowest BCUT2D eigenvalue weighted by Gasteiger charge is -2.23. The molecule has 1 aliphatic carbocycles. The summed E-state index contributed by atoms with van der Waals surface area (Å²) in [6.45, 7) is 0. The van der Waals surface area contributed by atoms with E-state index in [1.807, 2.05) is 0 Å². The molecule has 1 aliphatic heterocycles. The molecule has 0 amide bonds. The molecular formula is C10H13FN5O12P3. The second kappa shape index (κ2) is 7.05. The number of hydrogen-bond donors (Lipinski definition) is 6. The Balaban J connectivity index is 1.48. The van der Waals surface area contributed by atoms with Crippen LogP contribution in [0.4, 0.5) is 10.2 Å². The summed E-state index contributed by atoms with van der Waals surface area (Å²) in [6, 6.07) is 0. The van der Waals surface area contributed by atoms with Crippen LogP contribution in [-0.2, 0) is 31.6 Å². The van der Waals surface area contributed by atoms with E-state index in [0.717, 1.165) is 17.2 Å². The van der Waals surface area contributed by atoms with Crippen LogP contribution in [0.3, 0.4) is 0 Å². The number of hydrogen-bond acceptors (Lipinski definition) is 12. The van der Waals surface area contributed by atoms with Crippen LogP contribution in [0, 0.1) is 0 Å². The van der Waals surface area contributed by atoms with Gasteiger partial charge in [0, 0.05) is 0 Å². The minimum absolute atomic E-state index is 0.00608. The molecule has 2 aromatic heterocycles. The normalized spacial score (nSPS) is 34.3. The molecule has 2 aromatic rings. The van der Waals surface area contributed by atoms with E-state index in [9.17, 15) is 28.1 Å². The number of aromatic nitrogens is 4. The van der Waals surface area contributed by atoms with Gasteiger partial charge in [-0.25, -0.2) is 33.0 Å². The fraction of sp³-hybridized carbons (Fsp3) is 0.500. The summed E-state index contributed by atoms with van der Waals surface area (Å²) in [4.78, 5) is 47.2. The van der Waals surface area contributed by atoms with Gasteiger partial charge < -0.3 is 35.2 Å². The molecule has 0 spiro atoms. The first-order valence-electron chi connectivity index (χ1n) is 7.92. The predicted octanol–water partition coefficient (Wildman–Crippen LogP) is -0.899. The van der Waals surface area contributed by atoms with Crippen LogP contribution >= 0.6 is 23.5 Å². The van der Waals surface area contributed by atoms with Gasteiger partial charge in [-0.2, -0.15) is 8.62 Å². The molecule has 172 valence electrons. The van der Waals surface area contributed by atoms with Crippen molar-refractivity contribution in [3.8, 4) is 0 Å². The van der Waals surface area contributed by atoms with Crippen LogP contribution in [0.15, 0.2) is 12.7 Å². The van der Waals surface area contributed by atoms with E-state index in [2.05, 4.69) is 28.1 Å². The molecule has 2 aliphatic rings. The van der Waals surface area contributed by atoms with Crippen LogP contribution in [0.2, 0.25) is 0 Å². The van der Waals surface area contributed by atoms with Gasteiger partial charge in [0.1, 0.15) is 24.1 Å². The van der Waals surface area contributed by atoms with Gasteiger partial charge in [-0.15, -0.1) is 0 Å². The highest BCUT2D eigenvalue weighted by Crippen LogP contribution is 2.69. The highest BCUT2D eigenvalue weighted by atomic mass is 31.3. The molecule has 4 rings (SSSR count). The number of fused-ring (bicyclic) bond motifs is 2. The van der Waals surface area contributed by atoms with Crippen LogP contribution < -0.4 is 5.73 Å². The van der Waals surface area contributed by atoms with E-state index >= 15 is 0 Å². The summed E-state index contributed by atoms with van der Waals surface area (Å²) >= 11 is 0. The highest BCUT2D eigenvalue weighted by Gasteiger charge is 2.80. The fourth-order valence-electron chi connectivity index (χ4n) is 3.12. The SMILES string of the molecule is Nc1ncnc2c1ncn2[C@@H]1O[C@@H]2C(OP(=O)(O)OP(=O)(O)OP(=O)(O)O)[C@]2(O)[C@H]1F. The zero-order valence-electron chi connectivity index (χ0n) is 14.6. The Labute approximate surface area is 170 Å². The molecule has 3 unspecified atom stereocenters. The maximum Gasteiger partial charge on any atom is 0.490 e. The van der Waals surface area contributed by atoms with E-state index in [1.54, 1.807) is 0 Å². The van der Waals surface area contributed by atoms with Crippen molar-refractivity contribution in [3.63, 3.8) is 0 Å². The molecular weight excluding hydrogens is 494 g/mol. The first-order valence-corrected chi connectivity index (χ1v) is 12.4. The number of alkyl halides is 1. The van der Waals surface area contributed by atoms with Gasteiger partial charge in [0.15, 0.2) is 29.5 Å². The first kappa shape index (κ1) is 22.8. The number of ether oxygens (including phenoxy) is 1. The van der Waals surface area contributed by atoms with Crippen molar-refractivity contribution in [2.45, 2.75) is 30.2 Å². The summed E-state index contributed by atoms with van der Waals surface area (Å²) in [6.07, 6.45) is -4.89. The predicted molar refractivity (Wildman–Crippen MR) is 92.2 cm³/mol. The summed E-state index contributed by atoms with van der Waals surface area (Å²) in [7, 11) is -16.9. The highest BCUT2D eigenvalue weighted by molar-refractivity contribution is 7.66.